The van der Waals surface area contributed by atoms with Gasteiger partial charge >= 0.3 is 0 Å². The van der Waals surface area contributed by atoms with Crippen LogP contribution in [0.2, 0.25) is 0 Å². The van der Waals surface area contributed by atoms with Gasteiger partial charge in [0.15, 0.2) is 11.3 Å². The van der Waals surface area contributed by atoms with E-state index >= 15 is 0 Å². The fourth-order valence-electron chi connectivity index (χ4n) is 3.58. The van der Waals surface area contributed by atoms with Gasteiger partial charge in [-0.1, -0.05) is 32.9 Å². The number of ether oxygens (including phenoxy) is 1. The lowest BCUT2D eigenvalue weighted by Gasteiger charge is -2.38. The smallest absolute Gasteiger partial charge is 0.225 e. The Balaban J connectivity index is 1.60. The quantitative estimate of drug-likeness (QED) is 0.903. The highest BCUT2D eigenvalue weighted by Gasteiger charge is 2.29. The maximum Gasteiger partial charge on any atom is 0.225 e. The molecule has 1 saturated heterocycles. The monoisotopic (exact) mass is 344 g/mol. The van der Waals surface area contributed by atoms with Gasteiger partial charge in [0.1, 0.15) is 5.76 Å². The predicted octanol–water partition coefficient (Wildman–Crippen LogP) is 3.42. The van der Waals surface area contributed by atoms with E-state index in [-0.39, 0.29) is 11.8 Å². The second kappa shape index (κ2) is 7.48. The van der Waals surface area contributed by atoms with Gasteiger partial charge in [-0.05, 0) is 24.5 Å². The molecular weight excluding hydrogens is 316 g/mol. The van der Waals surface area contributed by atoms with Crippen LogP contribution >= 0.6 is 0 Å². The number of nitrogens with zero attached hydrogens (tertiary/aromatic N) is 1. The van der Waals surface area contributed by atoms with Crippen LogP contribution in [0.15, 0.2) is 28.7 Å². The Kier molecular flexibility index (Phi) is 5.33. The molecule has 1 amide bonds. The van der Waals surface area contributed by atoms with Crippen molar-refractivity contribution in [3.63, 3.8) is 0 Å². The summed E-state index contributed by atoms with van der Waals surface area (Å²) in [6.07, 6.45) is 0.975. The number of carbonyl (C=O) groups is 1. The molecule has 1 aromatic heterocycles. The second-order valence-electron chi connectivity index (χ2n) is 7.28. The molecule has 2 heterocycles. The molecule has 2 atom stereocenters. The number of hydrogen-bond acceptors (Lipinski definition) is 4. The van der Waals surface area contributed by atoms with Crippen LogP contribution in [0.5, 0.6) is 5.75 Å². The average Bonchev–Trinajstić information content (AvgIpc) is 3.02. The fraction of sp³-hybridized carbons (Fsp3) is 0.550. The molecule has 5 nitrogen and oxygen atoms in total. The van der Waals surface area contributed by atoms with Crippen molar-refractivity contribution in [2.24, 2.45) is 11.8 Å². The van der Waals surface area contributed by atoms with Gasteiger partial charge < -0.3 is 19.4 Å². The van der Waals surface area contributed by atoms with E-state index in [0.717, 1.165) is 42.0 Å². The van der Waals surface area contributed by atoms with Gasteiger partial charge in [-0.25, -0.2) is 0 Å². The Morgan fingerprint density at radius 1 is 1.44 bits per heavy atom. The van der Waals surface area contributed by atoms with Crippen LogP contribution in [0, 0.1) is 11.8 Å². The van der Waals surface area contributed by atoms with Crippen LogP contribution < -0.4 is 10.1 Å². The van der Waals surface area contributed by atoms with Crippen molar-refractivity contribution in [2.45, 2.75) is 39.8 Å². The van der Waals surface area contributed by atoms with Gasteiger partial charge in [-0.2, -0.15) is 0 Å². The number of methoxy groups -OCH3 is 1. The first-order chi connectivity index (χ1) is 12.0. The van der Waals surface area contributed by atoms with Gasteiger partial charge in [-0.3, -0.25) is 4.79 Å². The summed E-state index contributed by atoms with van der Waals surface area (Å²) in [5.74, 6) is 2.43. The molecule has 1 aromatic carbocycles. The summed E-state index contributed by atoms with van der Waals surface area (Å²) in [5.41, 5.74) is 0.798. The molecule has 2 unspecified atom stereocenters. The lowest BCUT2D eigenvalue weighted by atomic mass is 9.93. The molecule has 0 spiro atoms. The first kappa shape index (κ1) is 17.8. The largest absolute Gasteiger partial charge is 0.493 e. The number of rotatable bonds is 5. The molecule has 1 aliphatic rings. The standard InChI is InChI=1S/C20H28N2O3/c1-13(2)20(23)22-9-8-17(14(3)12-22)21-11-16-10-15-6-5-7-18(24-4)19(15)25-16/h5-7,10,13-14,17,21H,8-9,11-12H2,1-4H3. The summed E-state index contributed by atoms with van der Waals surface area (Å²) in [5, 5.41) is 4.66. The van der Waals surface area contributed by atoms with Crippen molar-refractivity contribution in [1.29, 1.82) is 0 Å². The molecule has 2 aromatic rings. The highest BCUT2D eigenvalue weighted by atomic mass is 16.5. The number of amides is 1. The molecule has 5 heteroatoms. The van der Waals surface area contributed by atoms with E-state index in [0.29, 0.717) is 18.5 Å². The highest BCUT2D eigenvalue weighted by Crippen LogP contribution is 2.28. The van der Waals surface area contributed by atoms with Crippen molar-refractivity contribution in [1.82, 2.24) is 10.2 Å². The Morgan fingerprint density at radius 2 is 2.24 bits per heavy atom. The molecule has 25 heavy (non-hydrogen) atoms. The number of benzene rings is 1. The average molecular weight is 344 g/mol. The third-order valence-corrected chi connectivity index (χ3v) is 5.03. The topological polar surface area (TPSA) is 54.7 Å². The second-order valence-corrected chi connectivity index (χ2v) is 7.28. The van der Waals surface area contributed by atoms with E-state index < -0.39 is 0 Å². The van der Waals surface area contributed by atoms with Crippen LogP contribution in [-0.4, -0.2) is 37.0 Å². The zero-order valence-electron chi connectivity index (χ0n) is 15.5. The molecule has 136 valence electrons. The predicted molar refractivity (Wildman–Crippen MR) is 98.6 cm³/mol. The maximum absolute atomic E-state index is 12.2. The lowest BCUT2D eigenvalue weighted by molar-refractivity contribution is -0.136. The van der Waals surface area contributed by atoms with Crippen LogP contribution in [0.25, 0.3) is 11.0 Å². The summed E-state index contributed by atoms with van der Waals surface area (Å²) in [6, 6.07) is 8.37. The third kappa shape index (κ3) is 3.82. The molecule has 0 bridgehead atoms. The first-order valence-corrected chi connectivity index (χ1v) is 9.07. The van der Waals surface area contributed by atoms with E-state index in [1.807, 2.05) is 36.9 Å². The molecular formula is C20H28N2O3. The van der Waals surface area contributed by atoms with E-state index in [4.69, 9.17) is 9.15 Å². The van der Waals surface area contributed by atoms with E-state index in [1.54, 1.807) is 7.11 Å². The van der Waals surface area contributed by atoms with Crippen molar-refractivity contribution >= 4 is 16.9 Å². The van der Waals surface area contributed by atoms with E-state index in [2.05, 4.69) is 18.3 Å². The summed E-state index contributed by atoms with van der Waals surface area (Å²) in [7, 11) is 1.66. The van der Waals surface area contributed by atoms with Crippen molar-refractivity contribution in [2.75, 3.05) is 20.2 Å². The summed E-state index contributed by atoms with van der Waals surface area (Å²) in [4.78, 5) is 14.2. The van der Waals surface area contributed by atoms with Crippen LogP contribution in [0.4, 0.5) is 0 Å². The number of carbonyl (C=O) groups excluding carboxylic acids is 1. The number of furan rings is 1. The SMILES string of the molecule is COc1cccc2cc(CNC3CCN(C(=O)C(C)C)CC3C)oc12. The van der Waals surface area contributed by atoms with Crippen molar-refractivity contribution in [3.8, 4) is 5.75 Å². The van der Waals surface area contributed by atoms with Crippen LogP contribution in [0.3, 0.4) is 0 Å². The molecule has 1 fully saturated rings. The third-order valence-electron chi connectivity index (χ3n) is 5.03. The van der Waals surface area contributed by atoms with E-state index in [1.165, 1.54) is 0 Å². The molecule has 1 aliphatic heterocycles. The Hall–Kier alpha value is -2.01. The van der Waals surface area contributed by atoms with Gasteiger partial charge in [-0.15, -0.1) is 0 Å². The zero-order chi connectivity index (χ0) is 18.0. The number of piperidine rings is 1. The Morgan fingerprint density at radius 3 is 2.92 bits per heavy atom. The van der Waals surface area contributed by atoms with E-state index in [9.17, 15) is 4.79 Å². The minimum Gasteiger partial charge on any atom is -0.493 e. The Bertz CT molecular complexity index is 738. The molecule has 3 rings (SSSR count). The normalized spacial score (nSPS) is 21.1. The van der Waals surface area contributed by atoms with Gasteiger partial charge in [0.2, 0.25) is 5.91 Å². The lowest BCUT2D eigenvalue weighted by Crippen LogP contribution is -2.50. The number of fused-ring (bicyclic) bond motifs is 1. The molecule has 0 radical (unpaired) electrons. The Labute approximate surface area is 149 Å². The first-order valence-electron chi connectivity index (χ1n) is 9.07. The summed E-state index contributed by atoms with van der Waals surface area (Å²) in [6.45, 7) is 8.47. The molecule has 1 N–H and O–H groups in total. The fourth-order valence-corrected chi connectivity index (χ4v) is 3.58. The summed E-state index contributed by atoms with van der Waals surface area (Å²) < 4.78 is 11.3. The van der Waals surface area contributed by atoms with Crippen molar-refractivity contribution < 1.29 is 13.9 Å². The minimum atomic E-state index is 0.0715. The molecule has 0 saturated carbocycles. The van der Waals surface area contributed by atoms with Gasteiger partial charge in [0, 0.05) is 30.4 Å². The van der Waals surface area contributed by atoms with Crippen molar-refractivity contribution in [3.05, 3.63) is 30.0 Å². The highest BCUT2D eigenvalue weighted by molar-refractivity contribution is 5.83. The number of nitrogens with one attached hydrogen (secondary N) is 1. The number of likely N-dealkylation sites (tertiary alicyclic amines) is 1. The zero-order valence-corrected chi connectivity index (χ0v) is 15.5. The maximum atomic E-state index is 12.2. The van der Waals surface area contributed by atoms with Gasteiger partial charge in [0.05, 0.1) is 13.7 Å². The molecule has 0 aliphatic carbocycles. The van der Waals surface area contributed by atoms with Crippen LogP contribution in [-0.2, 0) is 11.3 Å². The number of hydrogen-bond donors (Lipinski definition) is 1. The minimum absolute atomic E-state index is 0.0715. The summed E-state index contributed by atoms with van der Waals surface area (Å²) >= 11 is 0. The van der Waals surface area contributed by atoms with Gasteiger partial charge in [0.25, 0.3) is 0 Å². The number of para-hydroxylation sites is 1. The van der Waals surface area contributed by atoms with Crippen LogP contribution in [0.1, 0.15) is 33.0 Å².